The Kier molecular flexibility index (Phi) is 5.43. The summed E-state index contributed by atoms with van der Waals surface area (Å²) < 4.78 is 28.6. The Morgan fingerprint density at radius 3 is 2.45 bits per heavy atom. The molecule has 1 aliphatic rings. The predicted octanol–water partition coefficient (Wildman–Crippen LogP) is 4.84. The van der Waals surface area contributed by atoms with Crippen molar-refractivity contribution in [2.45, 2.75) is 17.7 Å². The first-order valence-corrected chi connectivity index (χ1v) is 11.5. The Morgan fingerprint density at radius 2 is 1.69 bits per heavy atom. The van der Waals surface area contributed by atoms with Crippen molar-refractivity contribution in [2.24, 2.45) is 0 Å². The van der Waals surface area contributed by atoms with Gasteiger partial charge in [0, 0.05) is 28.0 Å². The van der Waals surface area contributed by atoms with Crippen LogP contribution in [0.2, 0.25) is 0 Å². The van der Waals surface area contributed by atoms with Crippen molar-refractivity contribution < 1.29 is 13.2 Å². The van der Waals surface area contributed by atoms with E-state index in [1.54, 1.807) is 47.4 Å². The van der Waals surface area contributed by atoms with Gasteiger partial charge >= 0.3 is 0 Å². The van der Waals surface area contributed by atoms with Gasteiger partial charge in [0.05, 0.1) is 0 Å². The van der Waals surface area contributed by atoms with E-state index in [2.05, 4.69) is 20.7 Å². The first-order chi connectivity index (χ1) is 14.0. The largest absolute Gasteiger partial charge is 0.308 e. The second kappa shape index (κ2) is 8.00. The van der Waals surface area contributed by atoms with Crippen LogP contribution in [0.3, 0.4) is 0 Å². The molecule has 0 bridgehead atoms. The summed E-state index contributed by atoms with van der Waals surface area (Å²) in [6.45, 7) is 0.642. The van der Waals surface area contributed by atoms with Gasteiger partial charge < -0.3 is 4.90 Å². The van der Waals surface area contributed by atoms with Gasteiger partial charge in [0.2, 0.25) is 0 Å². The average Bonchev–Trinajstić information content (AvgIpc) is 2.73. The summed E-state index contributed by atoms with van der Waals surface area (Å²) in [5, 5.41) is 0. The van der Waals surface area contributed by atoms with E-state index >= 15 is 0 Å². The van der Waals surface area contributed by atoms with Gasteiger partial charge in [-0.05, 0) is 76.8 Å². The summed E-state index contributed by atoms with van der Waals surface area (Å²) in [7, 11) is -3.72. The van der Waals surface area contributed by atoms with Crippen LogP contribution in [0, 0.1) is 0 Å². The van der Waals surface area contributed by atoms with Crippen LogP contribution in [-0.4, -0.2) is 20.9 Å². The molecule has 0 spiro atoms. The summed E-state index contributed by atoms with van der Waals surface area (Å²) in [4.78, 5) is 14.9. The van der Waals surface area contributed by atoms with Crippen LogP contribution in [0.15, 0.2) is 82.2 Å². The van der Waals surface area contributed by atoms with Crippen molar-refractivity contribution >= 4 is 43.2 Å². The Hall–Kier alpha value is -2.64. The number of amides is 1. The number of anilines is 2. The molecule has 0 aromatic heterocycles. The minimum absolute atomic E-state index is 0.0481. The fraction of sp³-hybridized carbons (Fsp3) is 0.136. The molecule has 148 valence electrons. The van der Waals surface area contributed by atoms with E-state index in [0.717, 1.165) is 24.1 Å². The van der Waals surface area contributed by atoms with Crippen LogP contribution in [-0.2, 0) is 16.4 Å². The van der Waals surface area contributed by atoms with Gasteiger partial charge in [-0.1, -0.05) is 30.3 Å². The van der Waals surface area contributed by atoms with E-state index < -0.39 is 10.0 Å². The van der Waals surface area contributed by atoms with Gasteiger partial charge in [-0.3, -0.25) is 9.52 Å². The minimum atomic E-state index is -3.72. The topological polar surface area (TPSA) is 66.5 Å². The van der Waals surface area contributed by atoms with Crippen molar-refractivity contribution in [2.75, 3.05) is 16.2 Å². The summed E-state index contributed by atoms with van der Waals surface area (Å²) in [5.74, 6) is -0.0481. The molecule has 7 heteroatoms. The fourth-order valence-corrected chi connectivity index (χ4v) is 5.53. The van der Waals surface area contributed by atoms with Crippen molar-refractivity contribution in [3.05, 3.63) is 88.4 Å². The molecular formula is C22H19BrN2O3S. The van der Waals surface area contributed by atoms with Crippen LogP contribution in [0.4, 0.5) is 11.4 Å². The normalized spacial score (nSPS) is 13.6. The molecule has 0 saturated heterocycles. The van der Waals surface area contributed by atoms with E-state index in [4.69, 9.17) is 0 Å². The zero-order chi connectivity index (χ0) is 20.4. The van der Waals surface area contributed by atoms with E-state index in [1.807, 2.05) is 30.3 Å². The SMILES string of the molecule is O=C(c1ccccc1)N1CCCc2cc(NS(=O)(=O)c3ccccc3Br)ccc21. The highest BCUT2D eigenvalue weighted by Gasteiger charge is 2.24. The maximum absolute atomic E-state index is 12.9. The molecule has 1 aliphatic heterocycles. The van der Waals surface area contributed by atoms with Crippen molar-refractivity contribution in [1.82, 2.24) is 0 Å². The molecule has 29 heavy (non-hydrogen) atoms. The number of nitrogens with zero attached hydrogens (tertiary/aromatic N) is 1. The molecule has 0 aliphatic carbocycles. The van der Waals surface area contributed by atoms with Gasteiger partial charge in [0.25, 0.3) is 15.9 Å². The molecule has 1 N–H and O–H groups in total. The van der Waals surface area contributed by atoms with Gasteiger partial charge in [0.1, 0.15) is 4.90 Å². The number of benzene rings is 3. The smallest absolute Gasteiger partial charge is 0.263 e. The van der Waals surface area contributed by atoms with Crippen LogP contribution in [0.25, 0.3) is 0 Å². The lowest BCUT2D eigenvalue weighted by atomic mass is 10.00. The average molecular weight is 471 g/mol. The van der Waals surface area contributed by atoms with Gasteiger partial charge in [0.15, 0.2) is 0 Å². The Bertz CT molecular complexity index is 1160. The van der Waals surface area contributed by atoms with Crippen molar-refractivity contribution in [1.29, 1.82) is 0 Å². The van der Waals surface area contributed by atoms with Crippen molar-refractivity contribution in [3.8, 4) is 0 Å². The third kappa shape index (κ3) is 4.06. The molecule has 0 fully saturated rings. The monoisotopic (exact) mass is 470 g/mol. The molecule has 1 amide bonds. The van der Waals surface area contributed by atoms with Crippen LogP contribution < -0.4 is 9.62 Å². The molecule has 0 saturated carbocycles. The standard InChI is InChI=1S/C22H19BrN2O3S/c23-19-10-4-5-11-21(19)29(27,28)24-18-12-13-20-17(15-18)9-6-14-25(20)22(26)16-7-2-1-3-8-16/h1-5,7-8,10-13,15,24H,6,9,14H2. The highest BCUT2D eigenvalue weighted by Crippen LogP contribution is 2.32. The number of fused-ring (bicyclic) bond motifs is 1. The predicted molar refractivity (Wildman–Crippen MR) is 118 cm³/mol. The third-order valence-electron chi connectivity index (χ3n) is 4.84. The lowest BCUT2D eigenvalue weighted by Gasteiger charge is -2.30. The quantitative estimate of drug-likeness (QED) is 0.592. The summed E-state index contributed by atoms with van der Waals surface area (Å²) in [6.07, 6.45) is 1.62. The first-order valence-electron chi connectivity index (χ1n) is 9.23. The Morgan fingerprint density at radius 1 is 0.966 bits per heavy atom. The van der Waals surface area contributed by atoms with Gasteiger partial charge in [-0.25, -0.2) is 8.42 Å². The number of aryl methyl sites for hydroxylation is 1. The minimum Gasteiger partial charge on any atom is -0.308 e. The lowest BCUT2D eigenvalue weighted by molar-refractivity contribution is 0.0985. The number of hydrogen-bond donors (Lipinski definition) is 1. The second-order valence-electron chi connectivity index (χ2n) is 6.81. The van der Waals surface area contributed by atoms with Gasteiger partial charge in [-0.2, -0.15) is 0 Å². The highest BCUT2D eigenvalue weighted by molar-refractivity contribution is 9.10. The number of rotatable bonds is 4. The van der Waals surface area contributed by atoms with Crippen molar-refractivity contribution in [3.63, 3.8) is 0 Å². The molecule has 0 atom stereocenters. The maximum atomic E-state index is 12.9. The summed E-state index contributed by atoms with van der Waals surface area (Å²) in [5.41, 5.74) is 2.90. The molecule has 4 rings (SSSR count). The summed E-state index contributed by atoms with van der Waals surface area (Å²) in [6, 6.07) is 21.2. The lowest BCUT2D eigenvalue weighted by Crippen LogP contribution is -2.35. The Balaban J connectivity index is 1.62. The third-order valence-corrected chi connectivity index (χ3v) is 7.24. The second-order valence-corrected chi connectivity index (χ2v) is 9.31. The van der Waals surface area contributed by atoms with E-state index in [-0.39, 0.29) is 10.8 Å². The highest BCUT2D eigenvalue weighted by atomic mass is 79.9. The number of nitrogens with one attached hydrogen (secondary N) is 1. The fourth-order valence-electron chi connectivity index (χ4n) is 3.48. The first kappa shape index (κ1) is 19.7. The number of halogens is 1. The van der Waals surface area contributed by atoms with Crippen LogP contribution >= 0.6 is 15.9 Å². The molecular weight excluding hydrogens is 452 g/mol. The number of carbonyl (C=O) groups excluding carboxylic acids is 1. The van der Waals surface area contributed by atoms with Crippen LogP contribution in [0.1, 0.15) is 22.3 Å². The molecule has 0 unspecified atom stereocenters. The summed E-state index contributed by atoms with van der Waals surface area (Å²) >= 11 is 3.29. The molecule has 0 radical (unpaired) electrons. The maximum Gasteiger partial charge on any atom is 0.263 e. The van der Waals surface area contributed by atoms with Gasteiger partial charge in [-0.15, -0.1) is 0 Å². The zero-order valence-corrected chi connectivity index (χ0v) is 17.9. The molecule has 1 heterocycles. The van der Waals surface area contributed by atoms with E-state index in [1.165, 1.54) is 0 Å². The number of carbonyl (C=O) groups is 1. The molecule has 3 aromatic carbocycles. The van der Waals surface area contributed by atoms with E-state index in [0.29, 0.717) is 22.3 Å². The van der Waals surface area contributed by atoms with E-state index in [9.17, 15) is 13.2 Å². The molecule has 5 nitrogen and oxygen atoms in total. The Labute approximate surface area is 178 Å². The number of sulfonamides is 1. The zero-order valence-electron chi connectivity index (χ0n) is 15.5. The molecule has 3 aromatic rings. The van der Waals surface area contributed by atoms with Crippen LogP contribution in [0.5, 0.6) is 0 Å². The number of hydrogen-bond acceptors (Lipinski definition) is 3.